The fraction of sp³-hybridized carbons (Fsp3) is 0.438. The van der Waals surface area contributed by atoms with Gasteiger partial charge in [0.15, 0.2) is 5.82 Å². The largest absolute Gasteiger partial charge is 0.486 e. The Morgan fingerprint density at radius 2 is 2.19 bits per heavy atom. The van der Waals surface area contributed by atoms with E-state index in [1.807, 2.05) is 6.92 Å². The monoisotopic (exact) mass is 381 g/mol. The van der Waals surface area contributed by atoms with Crippen LogP contribution in [0.3, 0.4) is 0 Å². The topological polar surface area (TPSA) is 95.5 Å². The summed E-state index contributed by atoms with van der Waals surface area (Å²) in [5.74, 6) is 6.77. The van der Waals surface area contributed by atoms with E-state index in [1.54, 1.807) is 4.90 Å². The summed E-state index contributed by atoms with van der Waals surface area (Å²) in [6.45, 7) is 3.76. The summed E-state index contributed by atoms with van der Waals surface area (Å²) in [6, 6.07) is 5.65. The van der Waals surface area contributed by atoms with Crippen molar-refractivity contribution < 1.29 is 18.7 Å². The molecule has 2 aromatic rings. The molecule has 1 amide bonds. The maximum Gasteiger partial charge on any atom is 0.233 e. The Kier molecular flexibility index (Phi) is 5.94. The number of carbonyl (C=O) groups is 1. The van der Waals surface area contributed by atoms with Crippen molar-refractivity contribution in [1.82, 2.24) is 19.8 Å². The number of carbonyl (C=O) groups excluding carboxylic acids is 1. The number of benzene rings is 1. The van der Waals surface area contributed by atoms with E-state index in [9.17, 15) is 9.18 Å². The van der Waals surface area contributed by atoms with Gasteiger partial charge in [-0.25, -0.2) is 9.07 Å². The number of hydrogen-bond donors (Lipinski definition) is 1. The molecule has 10 heteroatoms. The van der Waals surface area contributed by atoms with Crippen LogP contribution in [-0.4, -0.2) is 57.2 Å². The van der Waals surface area contributed by atoms with Crippen molar-refractivity contribution >= 4 is 17.7 Å². The van der Waals surface area contributed by atoms with Crippen LogP contribution in [0, 0.1) is 5.82 Å². The Bertz CT molecular complexity index is 755. The molecule has 1 atom stereocenters. The van der Waals surface area contributed by atoms with Crippen LogP contribution < -0.4 is 10.6 Å². The Labute approximate surface area is 154 Å². The van der Waals surface area contributed by atoms with Gasteiger partial charge in [0, 0.05) is 13.1 Å². The molecule has 1 saturated heterocycles. The van der Waals surface area contributed by atoms with Gasteiger partial charge in [-0.1, -0.05) is 11.8 Å². The van der Waals surface area contributed by atoms with E-state index in [1.165, 1.54) is 40.7 Å². The van der Waals surface area contributed by atoms with Crippen molar-refractivity contribution in [1.29, 1.82) is 0 Å². The van der Waals surface area contributed by atoms with Gasteiger partial charge >= 0.3 is 0 Å². The molecule has 2 heterocycles. The number of nitrogen functional groups attached to an aromatic ring is 1. The first-order chi connectivity index (χ1) is 12.5. The molecule has 1 aromatic heterocycles. The van der Waals surface area contributed by atoms with Gasteiger partial charge in [0.2, 0.25) is 11.1 Å². The predicted molar refractivity (Wildman–Crippen MR) is 93.6 cm³/mol. The van der Waals surface area contributed by atoms with E-state index < -0.39 is 0 Å². The van der Waals surface area contributed by atoms with Gasteiger partial charge in [-0.2, -0.15) is 0 Å². The lowest BCUT2D eigenvalue weighted by molar-refractivity contribution is -0.135. The molecule has 1 aliphatic rings. The summed E-state index contributed by atoms with van der Waals surface area (Å²) < 4.78 is 25.1. The number of amides is 1. The molecule has 1 unspecified atom stereocenters. The number of nitrogens with zero attached hydrogens (tertiary/aromatic N) is 4. The first-order valence-electron chi connectivity index (χ1n) is 8.13. The zero-order valence-electron chi connectivity index (χ0n) is 14.3. The van der Waals surface area contributed by atoms with Gasteiger partial charge < -0.3 is 20.2 Å². The fourth-order valence-electron chi connectivity index (χ4n) is 2.45. The average molecular weight is 381 g/mol. The Balaban J connectivity index is 1.51. The lowest BCUT2D eigenvalue weighted by Gasteiger charge is -2.31. The van der Waals surface area contributed by atoms with Crippen LogP contribution in [0.4, 0.5) is 4.39 Å². The second-order valence-corrected chi connectivity index (χ2v) is 6.76. The molecule has 3 rings (SSSR count). The molecular weight excluding hydrogens is 361 g/mol. The zero-order valence-corrected chi connectivity index (χ0v) is 15.1. The molecule has 1 aliphatic heterocycles. The normalized spacial score (nSPS) is 17.3. The van der Waals surface area contributed by atoms with Crippen molar-refractivity contribution in [2.75, 3.05) is 31.3 Å². The van der Waals surface area contributed by atoms with Gasteiger partial charge in [-0.05, 0) is 31.2 Å². The maximum absolute atomic E-state index is 12.9. The second-order valence-electron chi connectivity index (χ2n) is 5.82. The number of hydrogen-bond acceptors (Lipinski definition) is 7. The predicted octanol–water partition coefficient (Wildman–Crippen LogP) is 1.05. The quantitative estimate of drug-likeness (QED) is 0.590. The van der Waals surface area contributed by atoms with Crippen LogP contribution in [0.15, 0.2) is 29.4 Å². The van der Waals surface area contributed by atoms with Crippen molar-refractivity contribution in [3.05, 3.63) is 35.9 Å². The van der Waals surface area contributed by atoms with Crippen LogP contribution in [0.5, 0.6) is 5.75 Å². The molecule has 140 valence electrons. The van der Waals surface area contributed by atoms with Crippen LogP contribution >= 0.6 is 11.8 Å². The summed E-state index contributed by atoms with van der Waals surface area (Å²) in [4.78, 5) is 14.0. The Morgan fingerprint density at radius 1 is 1.42 bits per heavy atom. The molecule has 8 nitrogen and oxygen atoms in total. The molecule has 0 aliphatic carbocycles. The minimum atomic E-state index is -0.336. The summed E-state index contributed by atoms with van der Waals surface area (Å²) >= 11 is 1.22. The van der Waals surface area contributed by atoms with E-state index >= 15 is 0 Å². The zero-order chi connectivity index (χ0) is 18.5. The molecular formula is C16H20FN5O3S. The van der Waals surface area contributed by atoms with Gasteiger partial charge in [-0.3, -0.25) is 4.79 Å². The first kappa shape index (κ1) is 18.5. The van der Waals surface area contributed by atoms with Gasteiger partial charge in [0.05, 0.1) is 18.5 Å². The second kappa shape index (κ2) is 8.37. The number of thioether (sulfide) groups is 1. The molecule has 0 spiro atoms. The summed E-state index contributed by atoms with van der Waals surface area (Å²) in [5, 5.41) is 8.39. The van der Waals surface area contributed by atoms with Crippen molar-refractivity contribution in [2.45, 2.75) is 24.8 Å². The van der Waals surface area contributed by atoms with Gasteiger partial charge in [0.25, 0.3) is 0 Å². The third-order valence-corrected chi connectivity index (χ3v) is 4.76. The molecule has 0 bridgehead atoms. The fourth-order valence-corrected chi connectivity index (χ4v) is 3.22. The van der Waals surface area contributed by atoms with Crippen LogP contribution in [-0.2, 0) is 16.1 Å². The molecule has 1 aromatic carbocycles. The molecule has 0 saturated carbocycles. The Morgan fingerprint density at radius 3 is 2.92 bits per heavy atom. The summed E-state index contributed by atoms with van der Waals surface area (Å²) in [7, 11) is 0. The average Bonchev–Trinajstić information content (AvgIpc) is 2.99. The summed E-state index contributed by atoms with van der Waals surface area (Å²) in [5.41, 5.74) is 0. The maximum atomic E-state index is 12.9. The number of halogens is 1. The van der Waals surface area contributed by atoms with Crippen LogP contribution in [0.1, 0.15) is 12.7 Å². The minimum Gasteiger partial charge on any atom is -0.486 e. The van der Waals surface area contributed by atoms with E-state index in [0.717, 1.165) is 0 Å². The first-order valence-corrected chi connectivity index (χ1v) is 9.11. The molecule has 2 N–H and O–H groups in total. The van der Waals surface area contributed by atoms with E-state index in [4.69, 9.17) is 15.3 Å². The van der Waals surface area contributed by atoms with Crippen molar-refractivity contribution in [3.8, 4) is 5.75 Å². The van der Waals surface area contributed by atoms with Crippen LogP contribution in [0.25, 0.3) is 0 Å². The van der Waals surface area contributed by atoms with Gasteiger partial charge in [-0.15, -0.1) is 10.2 Å². The van der Waals surface area contributed by atoms with Crippen molar-refractivity contribution in [2.24, 2.45) is 0 Å². The molecule has 26 heavy (non-hydrogen) atoms. The van der Waals surface area contributed by atoms with E-state index in [-0.39, 0.29) is 30.2 Å². The highest BCUT2D eigenvalue weighted by Crippen LogP contribution is 2.18. The lowest BCUT2D eigenvalue weighted by atomic mass is 10.3. The summed E-state index contributed by atoms with van der Waals surface area (Å²) in [6.07, 6.45) is 0.0473. The number of morpholine rings is 1. The van der Waals surface area contributed by atoms with Crippen LogP contribution in [0.2, 0.25) is 0 Å². The van der Waals surface area contributed by atoms with E-state index in [0.29, 0.717) is 36.4 Å². The number of ether oxygens (including phenoxy) is 2. The van der Waals surface area contributed by atoms with Gasteiger partial charge in [0.1, 0.15) is 18.2 Å². The minimum absolute atomic E-state index is 0.0114. The highest BCUT2D eigenvalue weighted by Gasteiger charge is 2.22. The third kappa shape index (κ3) is 4.64. The molecule has 0 radical (unpaired) electrons. The third-order valence-electron chi connectivity index (χ3n) is 3.84. The number of rotatable bonds is 6. The lowest BCUT2D eigenvalue weighted by Crippen LogP contribution is -2.45. The number of nitrogens with two attached hydrogens (primary N) is 1. The van der Waals surface area contributed by atoms with E-state index in [2.05, 4.69) is 10.2 Å². The van der Waals surface area contributed by atoms with Crippen molar-refractivity contribution in [3.63, 3.8) is 0 Å². The SMILES string of the molecule is CC1CN(C(=O)CSc2nnc(COc3ccc(F)cc3)n2N)CCO1. The highest BCUT2D eigenvalue weighted by molar-refractivity contribution is 7.99. The standard InChI is InChI=1S/C16H20FN5O3S/c1-11-8-21(6-7-24-11)15(23)10-26-16-20-19-14(22(16)18)9-25-13-4-2-12(17)3-5-13/h2-5,11H,6-10,18H2,1H3. The molecule has 1 fully saturated rings. The highest BCUT2D eigenvalue weighted by atomic mass is 32.2. The number of aromatic nitrogens is 3. The smallest absolute Gasteiger partial charge is 0.233 e. The Hall–Kier alpha value is -2.33.